The molecule has 11 nitrogen and oxygen atoms in total. The molecule has 5 atom stereocenters. The van der Waals surface area contributed by atoms with Crippen LogP contribution in [0.4, 0.5) is 0 Å². The summed E-state index contributed by atoms with van der Waals surface area (Å²) in [6, 6.07) is 0. The number of carbonyl (C=O) groups excluding carboxylic acids is 2. The van der Waals surface area contributed by atoms with Gasteiger partial charge in [-0.1, -0.05) is 15.9 Å². The Bertz CT molecular complexity index is 877. The molecule has 148 valence electrons. The fourth-order valence-corrected chi connectivity index (χ4v) is 3.11. The number of aromatic amines is 1. The topological polar surface area (TPSA) is 154 Å². The summed E-state index contributed by atoms with van der Waals surface area (Å²) in [5.74, 6) is -2.84. The third-order valence-corrected chi connectivity index (χ3v) is 4.69. The number of halogens is 1. The predicted octanol–water partition coefficient (Wildman–Crippen LogP) is -0.546. The zero-order chi connectivity index (χ0) is 20.5. The van der Waals surface area contributed by atoms with Crippen molar-refractivity contribution in [3.05, 3.63) is 32.6 Å². The monoisotopic (exact) mass is 448 g/mol. The lowest BCUT2D eigenvalue weighted by atomic mass is 10.1. The molecule has 0 bridgehead atoms. The van der Waals surface area contributed by atoms with Crippen LogP contribution in [0, 0.1) is 6.92 Å². The van der Waals surface area contributed by atoms with E-state index in [9.17, 15) is 29.1 Å². The molecule has 2 rings (SSSR count). The Morgan fingerprint density at radius 1 is 1.22 bits per heavy atom. The van der Waals surface area contributed by atoms with Crippen molar-refractivity contribution in [3.63, 3.8) is 0 Å². The van der Waals surface area contributed by atoms with E-state index in [2.05, 4.69) is 20.9 Å². The summed E-state index contributed by atoms with van der Waals surface area (Å²) in [5.41, 5.74) is -1.31. The summed E-state index contributed by atoms with van der Waals surface area (Å²) >= 11 is 2.94. The number of carbonyl (C=O) groups is 3. The maximum Gasteiger partial charge on any atom is 0.330 e. The summed E-state index contributed by atoms with van der Waals surface area (Å²) in [6.45, 7) is 3.63. The molecule has 0 saturated carbocycles. The van der Waals surface area contributed by atoms with Gasteiger partial charge in [0.05, 0.1) is 0 Å². The van der Waals surface area contributed by atoms with E-state index in [1.165, 1.54) is 13.1 Å². The molecule has 1 aromatic rings. The largest absolute Gasteiger partial charge is 0.480 e. The molecule has 0 amide bonds. The van der Waals surface area contributed by atoms with E-state index < -0.39 is 58.5 Å². The smallest absolute Gasteiger partial charge is 0.330 e. The van der Waals surface area contributed by atoms with Gasteiger partial charge >= 0.3 is 23.6 Å². The average molecular weight is 449 g/mol. The molecular formula is C15H17BrN2O9. The van der Waals surface area contributed by atoms with Crippen LogP contribution in [0.5, 0.6) is 0 Å². The Hall–Kier alpha value is -2.47. The average Bonchev–Trinajstić information content (AvgIpc) is 2.87. The highest BCUT2D eigenvalue weighted by molar-refractivity contribution is 9.10. The third kappa shape index (κ3) is 4.45. The fourth-order valence-electron chi connectivity index (χ4n) is 2.68. The van der Waals surface area contributed by atoms with Crippen LogP contribution < -0.4 is 11.2 Å². The molecule has 1 aromatic heterocycles. The number of nitrogens with zero attached hydrogens (tertiary/aromatic N) is 1. The molecule has 0 spiro atoms. The van der Waals surface area contributed by atoms with Crippen LogP contribution in [0.2, 0.25) is 0 Å². The molecule has 2 heterocycles. The molecule has 1 aliphatic heterocycles. The van der Waals surface area contributed by atoms with Crippen LogP contribution in [0.1, 0.15) is 25.6 Å². The van der Waals surface area contributed by atoms with Crippen LogP contribution >= 0.6 is 15.9 Å². The maximum atomic E-state index is 12.2. The predicted molar refractivity (Wildman–Crippen MR) is 91.4 cm³/mol. The molecule has 1 fully saturated rings. The summed E-state index contributed by atoms with van der Waals surface area (Å²) in [4.78, 5) is 58.9. The van der Waals surface area contributed by atoms with Crippen LogP contribution in [-0.4, -0.2) is 55.7 Å². The van der Waals surface area contributed by atoms with Gasteiger partial charge < -0.3 is 19.3 Å². The minimum absolute atomic E-state index is 0.167. The quantitative estimate of drug-likeness (QED) is 0.445. The lowest BCUT2D eigenvalue weighted by molar-refractivity contribution is -0.165. The van der Waals surface area contributed by atoms with Gasteiger partial charge in [-0.15, -0.1) is 0 Å². The number of rotatable bonds is 5. The maximum absolute atomic E-state index is 12.2. The standard InChI is InChI=1S/C15H17BrN2O9/c1-5-4-18(15(24)17-12(5)21)13-11(26-7(3)20)10(25-6(2)19)9(27-13)8(16)14(22)23/h4,8-11,13H,1-3H3,(H,22,23)(H,17,21,24)/t8-,9+,10+,11+,13+/m0/s1. The van der Waals surface area contributed by atoms with Gasteiger partial charge in [-0.2, -0.15) is 0 Å². The Balaban J connectivity index is 2.57. The van der Waals surface area contributed by atoms with E-state index >= 15 is 0 Å². The van der Waals surface area contributed by atoms with Gasteiger partial charge in [0.15, 0.2) is 18.4 Å². The zero-order valence-corrected chi connectivity index (χ0v) is 16.1. The molecule has 1 saturated heterocycles. The minimum atomic E-state index is -1.33. The molecule has 0 aromatic carbocycles. The van der Waals surface area contributed by atoms with Gasteiger partial charge in [0.25, 0.3) is 5.56 Å². The van der Waals surface area contributed by atoms with Crippen LogP contribution in [0.15, 0.2) is 15.8 Å². The summed E-state index contributed by atoms with van der Waals surface area (Å²) < 4.78 is 16.9. The number of aryl methyl sites for hydroxylation is 1. The van der Waals surface area contributed by atoms with Crippen molar-refractivity contribution in [1.82, 2.24) is 9.55 Å². The molecule has 0 unspecified atom stereocenters. The van der Waals surface area contributed by atoms with E-state index in [1.807, 2.05) is 0 Å². The number of carboxylic acid groups (broad SMARTS) is 1. The number of H-pyrrole nitrogens is 1. The van der Waals surface area contributed by atoms with Gasteiger partial charge in [0, 0.05) is 25.6 Å². The Labute approximate surface area is 160 Å². The Morgan fingerprint density at radius 3 is 2.30 bits per heavy atom. The van der Waals surface area contributed by atoms with Gasteiger partial charge in [-0.3, -0.25) is 28.7 Å². The van der Waals surface area contributed by atoms with E-state index in [0.717, 1.165) is 18.4 Å². The first-order chi connectivity index (χ1) is 12.5. The SMILES string of the molecule is CC(=O)O[C@H]1[C@@H](OC(C)=O)[C@H](n2cc(C)c(=O)[nH]c2=O)O[C@@H]1[C@H](Br)C(=O)O. The summed E-state index contributed by atoms with van der Waals surface area (Å²) in [7, 11) is 0. The van der Waals surface area contributed by atoms with Crippen molar-refractivity contribution in [2.45, 2.75) is 50.1 Å². The van der Waals surface area contributed by atoms with Gasteiger partial charge in [-0.05, 0) is 6.92 Å². The number of hydrogen-bond acceptors (Lipinski definition) is 8. The highest BCUT2D eigenvalue weighted by atomic mass is 79.9. The van der Waals surface area contributed by atoms with Gasteiger partial charge in [0.2, 0.25) is 0 Å². The van der Waals surface area contributed by atoms with Crippen LogP contribution in [0.25, 0.3) is 0 Å². The number of aromatic nitrogens is 2. The Kier molecular flexibility index (Phi) is 6.21. The lowest BCUT2D eigenvalue weighted by Crippen LogP contribution is -2.44. The van der Waals surface area contributed by atoms with Crippen molar-refractivity contribution >= 4 is 33.8 Å². The zero-order valence-electron chi connectivity index (χ0n) is 14.5. The molecule has 27 heavy (non-hydrogen) atoms. The second-order valence-corrected chi connectivity index (χ2v) is 6.84. The number of hydrogen-bond donors (Lipinski definition) is 2. The number of ether oxygens (including phenoxy) is 3. The van der Waals surface area contributed by atoms with E-state index in [1.54, 1.807) is 0 Å². The fraction of sp³-hybridized carbons (Fsp3) is 0.533. The van der Waals surface area contributed by atoms with E-state index in [-0.39, 0.29) is 5.56 Å². The molecule has 1 aliphatic rings. The van der Waals surface area contributed by atoms with Crippen LogP contribution in [0.3, 0.4) is 0 Å². The van der Waals surface area contributed by atoms with Crippen molar-refractivity contribution in [2.24, 2.45) is 0 Å². The van der Waals surface area contributed by atoms with Gasteiger partial charge in [0.1, 0.15) is 10.9 Å². The number of nitrogens with one attached hydrogen (secondary N) is 1. The summed E-state index contributed by atoms with van der Waals surface area (Å²) in [5, 5.41) is 9.26. The molecule has 2 N–H and O–H groups in total. The number of aliphatic carboxylic acids is 1. The Morgan fingerprint density at radius 2 is 1.78 bits per heavy atom. The molecule has 12 heteroatoms. The third-order valence-electron chi connectivity index (χ3n) is 3.77. The van der Waals surface area contributed by atoms with Crippen molar-refractivity contribution in [3.8, 4) is 0 Å². The second-order valence-electron chi connectivity index (χ2n) is 5.86. The molecular weight excluding hydrogens is 432 g/mol. The second kappa shape index (κ2) is 8.05. The van der Waals surface area contributed by atoms with Crippen molar-refractivity contribution < 1.29 is 33.7 Å². The lowest BCUT2D eigenvalue weighted by Gasteiger charge is -2.24. The normalized spacial score (nSPS) is 25.6. The van der Waals surface area contributed by atoms with Crippen LogP contribution in [-0.2, 0) is 28.6 Å². The number of esters is 2. The highest BCUT2D eigenvalue weighted by Gasteiger charge is 2.54. The first kappa shape index (κ1) is 20.8. The van der Waals surface area contributed by atoms with E-state index in [0.29, 0.717) is 0 Å². The highest BCUT2D eigenvalue weighted by Crippen LogP contribution is 2.36. The number of alkyl halides is 1. The molecule has 0 radical (unpaired) electrons. The first-order valence-electron chi connectivity index (χ1n) is 7.71. The van der Waals surface area contributed by atoms with Crippen molar-refractivity contribution in [2.75, 3.05) is 0 Å². The van der Waals surface area contributed by atoms with Gasteiger partial charge in [-0.25, -0.2) is 4.79 Å². The van der Waals surface area contributed by atoms with E-state index in [4.69, 9.17) is 14.2 Å². The molecule has 0 aliphatic carbocycles. The summed E-state index contributed by atoms with van der Waals surface area (Å²) in [6.07, 6.45) is -4.06. The number of carboxylic acids is 1. The minimum Gasteiger partial charge on any atom is -0.480 e. The first-order valence-corrected chi connectivity index (χ1v) is 8.63. The van der Waals surface area contributed by atoms with Crippen molar-refractivity contribution in [1.29, 1.82) is 0 Å².